The molecular formula is C16H11ClN6O2. The van der Waals surface area contributed by atoms with Crippen LogP contribution >= 0.6 is 11.6 Å². The fourth-order valence-electron chi connectivity index (χ4n) is 2.68. The molecule has 124 valence electrons. The number of nitrogens with one attached hydrogen (secondary N) is 1. The molecule has 0 amide bonds. The van der Waals surface area contributed by atoms with E-state index in [4.69, 9.17) is 11.6 Å². The number of fused-ring (bicyclic) bond motifs is 1. The Morgan fingerprint density at radius 3 is 2.52 bits per heavy atom. The highest BCUT2D eigenvalue weighted by Gasteiger charge is 2.24. The monoisotopic (exact) mass is 354 g/mol. The molecule has 0 radical (unpaired) electrons. The largest absolute Gasteiger partial charge is 0.323 e. The maximum atomic E-state index is 10.8. The Hall–Kier alpha value is -3.26. The number of nitro groups is 1. The van der Waals surface area contributed by atoms with E-state index in [1.54, 1.807) is 28.9 Å². The van der Waals surface area contributed by atoms with Gasteiger partial charge in [0.1, 0.15) is 6.04 Å². The average molecular weight is 355 g/mol. The third-order valence-electron chi connectivity index (χ3n) is 3.93. The molecule has 0 aliphatic carbocycles. The topological polar surface area (TPSA) is 98.8 Å². The Morgan fingerprint density at radius 2 is 1.84 bits per heavy atom. The van der Waals surface area contributed by atoms with Crippen LogP contribution in [-0.4, -0.2) is 25.1 Å². The van der Waals surface area contributed by atoms with Gasteiger partial charge in [-0.25, -0.2) is 0 Å². The summed E-state index contributed by atoms with van der Waals surface area (Å²) in [5.41, 5.74) is 2.65. The molecule has 1 aliphatic rings. The lowest BCUT2D eigenvalue weighted by atomic mass is 10.0. The van der Waals surface area contributed by atoms with Gasteiger partial charge < -0.3 is 5.32 Å². The van der Waals surface area contributed by atoms with Crippen LogP contribution in [0.2, 0.25) is 5.02 Å². The van der Waals surface area contributed by atoms with E-state index >= 15 is 0 Å². The standard InChI is InChI=1S/C16H11ClN6O2/c17-12-5-1-10(2-6-12)14-9-15(22-16(18-14)19-20-21-22)11-3-7-13(8-4-11)23(24)25/h1-9,15H,(H,18,19,21)/t15-/m0/s1. The molecule has 1 atom stereocenters. The Morgan fingerprint density at radius 1 is 1.12 bits per heavy atom. The van der Waals surface area contributed by atoms with Gasteiger partial charge >= 0.3 is 0 Å². The van der Waals surface area contributed by atoms with Crippen LogP contribution in [0.15, 0.2) is 54.6 Å². The van der Waals surface area contributed by atoms with Gasteiger partial charge in [-0.3, -0.25) is 10.1 Å². The number of aromatic nitrogens is 4. The van der Waals surface area contributed by atoms with Gasteiger partial charge in [-0.1, -0.05) is 28.8 Å². The van der Waals surface area contributed by atoms with Crippen molar-refractivity contribution < 1.29 is 4.92 Å². The molecule has 3 aromatic rings. The van der Waals surface area contributed by atoms with E-state index in [9.17, 15) is 10.1 Å². The molecule has 0 unspecified atom stereocenters. The van der Waals surface area contributed by atoms with Crippen molar-refractivity contribution in [1.82, 2.24) is 20.2 Å². The van der Waals surface area contributed by atoms with Gasteiger partial charge in [0, 0.05) is 22.9 Å². The molecule has 0 saturated heterocycles. The number of tetrazole rings is 1. The molecule has 8 nitrogen and oxygen atoms in total. The van der Waals surface area contributed by atoms with Crippen LogP contribution in [0.25, 0.3) is 5.70 Å². The second-order valence-electron chi connectivity index (χ2n) is 5.45. The molecule has 25 heavy (non-hydrogen) atoms. The summed E-state index contributed by atoms with van der Waals surface area (Å²) in [6, 6.07) is 13.5. The normalized spacial score (nSPS) is 15.9. The second kappa shape index (κ2) is 5.99. The van der Waals surface area contributed by atoms with Crippen molar-refractivity contribution in [3.63, 3.8) is 0 Å². The Bertz CT molecular complexity index is 965. The maximum absolute atomic E-state index is 10.8. The zero-order valence-electron chi connectivity index (χ0n) is 12.7. The number of nitro benzene ring substituents is 1. The lowest BCUT2D eigenvalue weighted by molar-refractivity contribution is -0.384. The number of rotatable bonds is 3. The van der Waals surface area contributed by atoms with E-state index in [0.29, 0.717) is 11.0 Å². The highest BCUT2D eigenvalue weighted by atomic mass is 35.5. The quantitative estimate of drug-likeness (QED) is 0.572. The summed E-state index contributed by atoms with van der Waals surface area (Å²) in [5.74, 6) is 0.496. The van der Waals surface area contributed by atoms with Gasteiger partial charge in [-0.05, 0) is 51.9 Å². The van der Waals surface area contributed by atoms with E-state index in [2.05, 4.69) is 20.8 Å². The van der Waals surface area contributed by atoms with Gasteiger partial charge in [0.15, 0.2) is 0 Å². The van der Waals surface area contributed by atoms with Crippen molar-refractivity contribution in [2.45, 2.75) is 6.04 Å². The first-order chi connectivity index (χ1) is 12.1. The third kappa shape index (κ3) is 2.83. The summed E-state index contributed by atoms with van der Waals surface area (Å²) in [6.45, 7) is 0. The molecule has 0 bridgehead atoms. The second-order valence-corrected chi connectivity index (χ2v) is 5.89. The highest BCUT2D eigenvalue weighted by Crippen LogP contribution is 2.32. The lowest BCUT2D eigenvalue weighted by Gasteiger charge is -2.23. The van der Waals surface area contributed by atoms with Crippen LogP contribution in [0, 0.1) is 10.1 Å². The van der Waals surface area contributed by atoms with E-state index in [1.807, 2.05) is 18.2 Å². The van der Waals surface area contributed by atoms with Gasteiger partial charge in [0.25, 0.3) is 5.69 Å². The zero-order valence-corrected chi connectivity index (χ0v) is 13.5. The molecule has 1 N–H and O–H groups in total. The summed E-state index contributed by atoms with van der Waals surface area (Å²) >= 11 is 5.95. The number of non-ortho nitro benzene ring substituents is 1. The first-order valence-corrected chi connectivity index (χ1v) is 7.76. The van der Waals surface area contributed by atoms with E-state index in [0.717, 1.165) is 16.8 Å². The van der Waals surface area contributed by atoms with Crippen molar-refractivity contribution in [2.75, 3.05) is 5.32 Å². The molecule has 0 fully saturated rings. The lowest BCUT2D eigenvalue weighted by Crippen LogP contribution is -2.20. The number of allylic oxidation sites excluding steroid dienone is 1. The van der Waals surface area contributed by atoms with Gasteiger partial charge in [-0.2, -0.15) is 4.68 Å². The van der Waals surface area contributed by atoms with Crippen molar-refractivity contribution in [3.05, 3.63) is 80.9 Å². The van der Waals surface area contributed by atoms with E-state index < -0.39 is 4.92 Å². The molecule has 2 heterocycles. The average Bonchev–Trinajstić information content (AvgIpc) is 3.10. The van der Waals surface area contributed by atoms with Gasteiger partial charge in [0.2, 0.25) is 5.95 Å². The zero-order chi connectivity index (χ0) is 17.4. The predicted molar refractivity (Wildman–Crippen MR) is 92.1 cm³/mol. The van der Waals surface area contributed by atoms with Crippen LogP contribution in [-0.2, 0) is 0 Å². The summed E-state index contributed by atoms with van der Waals surface area (Å²) in [4.78, 5) is 10.4. The molecule has 2 aromatic carbocycles. The summed E-state index contributed by atoms with van der Waals surface area (Å²) in [7, 11) is 0. The van der Waals surface area contributed by atoms with E-state index in [1.165, 1.54) is 12.1 Å². The van der Waals surface area contributed by atoms with Crippen LogP contribution in [0.4, 0.5) is 11.6 Å². The molecule has 4 rings (SSSR count). The minimum Gasteiger partial charge on any atom is -0.323 e. The molecule has 0 spiro atoms. The minimum atomic E-state index is -0.427. The fourth-order valence-corrected chi connectivity index (χ4v) is 2.81. The number of hydrogen-bond donors (Lipinski definition) is 1. The predicted octanol–water partition coefficient (Wildman–Crippen LogP) is 3.29. The third-order valence-corrected chi connectivity index (χ3v) is 4.18. The molecular weight excluding hydrogens is 344 g/mol. The summed E-state index contributed by atoms with van der Waals surface area (Å²) < 4.78 is 1.63. The molecule has 0 saturated carbocycles. The number of halogens is 1. The van der Waals surface area contributed by atoms with Crippen molar-refractivity contribution in [3.8, 4) is 0 Å². The Balaban J connectivity index is 1.76. The van der Waals surface area contributed by atoms with Crippen LogP contribution in [0.5, 0.6) is 0 Å². The summed E-state index contributed by atoms with van der Waals surface area (Å²) in [6.07, 6.45) is 1.97. The fraction of sp³-hybridized carbons (Fsp3) is 0.0625. The number of anilines is 1. The maximum Gasteiger partial charge on any atom is 0.269 e. The first-order valence-electron chi connectivity index (χ1n) is 7.39. The molecule has 9 heteroatoms. The van der Waals surface area contributed by atoms with Gasteiger partial charge in [-0.15, -0.1) is 0 Å². The number of hydrogen-bond acceptors (Lipinski definition) is 6. The first kappa shape index (κ1) is 15.3. The smallest absolute Gasteiger partial charge is 0.269 e. The van der Waals surface area contributed by atoms with Crippen LogP contribution < -0.4 is 5.32 Å². The van der Waals surface area contributed by atoms with Gasteiger partial charge in [0.05, 0.1) is 4.92 Å². The minimum absolute atomic E-state index is 0.0385. The van der Waals surface area contributed by atoms with Crippen molar-refractivity contribution >= 4 is 28.9 Å². The number of benzene rings is 2. The highest BCUT2D eigenvalue weighted by molar-refractivity contribution is 6.30. The van der Waals surface area contributed by atoms with Crippen LogP contribution in [0.1, 0.15) is 17.2 Å². The Kier molecular flexibility index (Phi) is 3.66. The van der Waals surface area contributed by atoms with Crippen molar-refractivity contribution in [2.24, 2.45) is 0 Å². The molecule has 1 aromatic heterocycles. The van der Waals surface area contributed by atoms with E-state index in [-0.39, 0.29) is 11.7 Å². The Labute approximate surface area is 146 Å². The van der Waals surface area contributed by atoms with Crippen molar-refractivity contribution in [1.29, 1.82) is 0 Å². The SMILES string of the molecule is O=[N+]([O-])c1ccc([C@@H]2C=C(c3ccc(Cl)cc3)Nc3nnnn32)cc1. The molecule has 1 aliphatic heterocycles. The summed E-state index contributed by atoms with van der Waals surface area (Å²) in [5, 5.41) is 26.4. The number of nitrogens with zero attached hydrogens (tertiary/aromatic N) is 5. The van der Waals surface area contributed by atoms with Crippen LogP contribution in [0.3, 0.4) is 0 Å².